The van der Waals surface area contributed by atoms with Gasteiger partial charge in [-0.25, -0.2) is 0 Å². The summed E-state index contributed by atoms with van der Waals surface area (Å²) >= 11 is 0. The summed E-state index contributed by atoms with van der Waals surface area (Å²) in [6, 6.07) is 10.3. The third-order valence-corrected chi connectivity index (χ3v) is 3.35. The number of carbonyl (C=O) groups excluding carboxylic acids is 1. The molecule has 2 nitrogen and oxygen atoms in total. The molecule has 0 spiro atoms. The zero-order valence-corrected chi connectivity index (χ0v) is 10.8. The second kappa shape index (κ2) is 7.00. The van der Waals surface area contributed by atoms with E-state index in [2.05, 4.69) is 23.5 Å². The van der Waals surface area contributed by atoms with Crippen LogP contribution in [0.3, 0.4) is 0 Å². The summed E-state index contributed by atoms with van der Waals surface area (Å²) in [5, 5.41) is 3.00. The molecule has 1 amide bonds. The molecule has 18 heavy (non-hydrogen) atoms. The van der Waals surface area contributed by atoms with Gasteiger partial charge < -0.3 is 5.32 Å². The maximum Gasteiger partial charge on any atom is 0.224 e. The fourth-order valence-corrected chi connectivity index (χ4v) is 2.32. The fraction of sp³-hybridized carbons (Fsp3) is 0.438. The molecule has 1 aromatic carbocycles. The van der Waals surface area contributed by atoms with Crippen molar-refractivity contribution in [3.05, 3.63) is 47.5 Å². The molecule has 1 aliphatic rings. The Morgan fingerprint density at radius 1 is 1.17 bits per heavy atom. The van der Waals surface area contributed by atoms with E-state index in [0.717, 1.165) is 25.8 Å². The number of carbonyl (C=O) groups is 1. The number of amides is 1. The van der Waals surface area contributed by atoms with E-state index in [9.17, 15) is 4.79 Å². The number of hydrogen-bond acceptors (Lipinski definition) is 1. The van der Waals surface area contributed by atoms with Crippen LogP contribution in [0.1, 0.15) is 37.7 Å². The van der Waals surface area contributed by atoms with E-state index in [0.29, 0.717) is 6.42 Å². The van der Waals surface area contributed by atoms with Crippen molar-refractivity contribution in [1.29, 1.82) is 0 Å². The summed E-state index contributed by atoms with van der Waals surface area (Å²) in [6.45, 7) is 0.732. The Morgan fingerprint density at radius 2 is 2.00 bits per heavy atom. The summed E-state index contributed by atoms with van der Waals surface area (Å²) in [6.07, 6.45) is 8.50. The van der Waals surface area contributed by atoms with Gasteiger partial charge in [-0.1, -0.05) is 42.0 Å². The first kappa shape index (κ1) is 12.9. The maximum absolute atomic E-state index is 11.7. The molecule has 0 fully saturated rings. The monoisotopic (exact) mass is 243 g/mol. The Labute approximate surface area is 109 Å². The highest BCUT2D eigenvalue weighted by Gasteiger charge is 2.08. The van der Waals surface area contributed by atoms with Crippen molar-refractivity contribution in [1.82, 2.24) is 5.32 Å². The molecule has 0 saturated heterocycles. The number of benzene rings is 1. The van der Waals surface area contributed by atoms with E-state index in [1.807, 2.05) is 18.2 Å². The van der Waals surface area contributed by atoms with Gasteiger partial charge in [-0.15, -0.1) is 0 Å². The Bertz CT molecular complexity index is 408. The van der Waals surface area contributed by atoms with Crippen molar-refractivity contribution in [2.45, 2.75) is 38.5 Å². The van der Waals surface area contributed by atoms with Crippen LogP contribution in [0.25, 0.3) is 0 Å². The summed E-state index contributed by atoms with van der Waals surface area (Å²) < 4.78 is 0. The van der Waals surface area contributed by atoms with Gasteiger partial charge in [-0.3, -0.25) is 4.79 Å². The second-order valence-corrected chi connectivity index (χ2v) is 4.87. The second-order valence-electron chi connectivity index (χ2n) is 4.87. The van der Waals surface area contributed by atoms with E-state index in [-0.39, 0.29) is 5.91 Å². The highest BCUT2D eigenvalue weighted by molar-refractivity contribution is 5.78. The number of nitrogens with one attached hydrogen (secondary N) is 1. The van der Waals surface area contributed by atoms with Gasteiger partial charge in [-0.05, 0) is 37.7 Å². The van der Waals surface area contributed by atoms with Gasteiger partial charge in [0.15, 0.2) is 0 Å². The van der Waals surface area contributed by atoms with Gasteiger partial charge >= 0.3 is 0 Å². The van der Waals surface area contributed by atoms with Gasteiger partial charge in [-0.2, -0.15) is 0 Å². The SMILES string of the molecule is O=C(CC1=CCCCC1)NCCc1ccccc1. The molecule has 96 valence electrons. The van der Waals surface area contributed by atoms with Crippen LogP contribution in [-0.4, -0.2) is 12.5 Å². The van der Waals surface area contributed by atoms with E-state index in [4.69, 9.17) is 0 Å². The van der Waals surface area contributed by atoms with Gasteiger partial charge in [0.05, 0.1) is 0 Å². The quantitative estimate of drug-likeness (QED) is 0.790. The van der Waals surface area contributed by atoms with Crippen molar-refractivity contribution in [3.8, 4) is 0 Å². The molecule has 0 heterocycles. The molecule has 1 aromatic rings. The average molecular weight is 243 g/mol. The topological polar surface area (TPSA) is 29.1 Å². The van der Waals surface area contributed by atoms with Crippen LogP contribution in [-0.2, 0) is 11.2 Å². The van der Waals surface area contributed by atoms with Crippen molar-refractivity contribution in [2.24, 2.45) is 0 Å². The lowest BCUT2D eigenvalue weighted by Crippen LogP contribution is -2.26. The molecule has 0 atom stereocenters. The average Bonchev–Trinajstić information content (AvgIpc) is 2.41. The first-order valence-corrected chi connectivity index (χ1v) is 6.83. The lowest BCUT2D eigenvalue weighted by atomic mass is 9.97. The molecule has 0 bridgehead atoms. The number of rotatable bonds is 5. The van der Waals surface area contributed by atoms with Crippen LogP contribution in [0.15, 0.2) is 42.0 Å². The van der Waals surface area contributed by atoms with Crippen molar-refractivity contribution < 1.29 is 4.79 Å². The standard InChI is InChI=1S/C16H21NO/c18-16(13-15-9-5-2-6-10-15)17-12-11-14-7-3-1-4-8-14/h1,3-4,7-9H,2,5-6,10-13H2,(H,17,18). The predicted octanol–water partition coefficient (Wildman–Crippen LogP) is 3.24. The predicted molar refractivity (Wildman–Crippen MR) is 74.3 cm³/mol. The maximum atomic E-state index is 11.7. The summed E-state index contributed by atoms with van der Waals surface area (Å²) in [4.78, 5) is 11.7. The Kier molecular flexibility index (Phi) is 5.00. The van der Waals surface area contributed by atoms with Crippen molar-refractivity contribution >= 4 is 5.91 Å². The van der Waals surface area contributed by atoms with Gasteiger partial charge in [0.25, 0.3) is 0 Å². The Hall–Kier alpha value is -1.57. The zero-order chi connectivity index (χ0) is 12.6. The first-order chi connectivity index (χ1) is 8.84. The molecule has 0 radical (unpaired) electrons. The molecule has 1 N–H and O–H groups in total. The van der Waals surface area contributed by atoms with E-state index < -0.39 is 0 Å². The highest BCUT2D eigenvalue weighted by Crippen LogP contribution is 2.19. The zero-order valence-electron chi connectivity index (χ0n) is 10.8. The van der Waals surface area contributed by atoms with Crippen molar-refractivity contribution in [2.75, 3.05) is 6.54 Å². The van der Waals surface area contributed by atoms with E-state index in [1.54, 1.807) is 0 Å². The van der Waals surface area contributed by atoms with Gasteiger partial charge in [0.2, 0.25) is 5.91 Å². The Balaban J connectivity index is 1.67. The normalized spacial score (nSPS) is 15.0. The molecule has 0 saturated carbocycles. The minimum absolute atomic E-state index is 0.166. The third kappa shape index (κ3) is 4.36. The summed E-state index contributed by atoms with van der Waals surface area (Å²) in [5.74, 6) is 0.166. The molecular weight excluding hydrogens is 222 g/mol. The van der Waals surface area contributed by atoms with Crippen LogP contribution >= 0.6 is 0 Å². The first-order valence-electron chi connectivity index (χ1n) is 6.83. The lowest BCUT2D eigenvalue weighted by Gasteiger charge is -2.12. The molecular formula is C16H21NO. The Morgan fingerprint density at radius 3 is 2.72 bits per heavy atom. The number of hydrogen-bond donors (Lipinski definition) is 1. The van der Waals surface area contributed by atoms with Crippen LogP contribution < -0.4 is 5.32 Å². The van der Waals surface area contributed by atoms with Gasteiger partial charge in [0, 0.05) is 13.0 Å². The smallest absolute Gasteiger partial charge is 0.224 e. The summed E-state index contributed by atoms with van der Waals surface area (Å²) in [5.41, 5.74) is 2.59. The minimum Gasteiger partial charge on any atom is -0.355 e. The van der Waals surface area contributed by atoms with Crippen LogP contribution in [0.2, 0.25) is 0 Å². The molecule has 2 rings (SSSR count). The lowest BCUT2D eigenvalue weighted by molar-refractivity contribution is -0.120. The third-order valence-electron chi connectivity index (χ3n) is 3.35. The van der Waals surface area contributed by atoms with Crippen LogP contribution in [0.5, 0.6) is 0 Å². The molecule has 0 unspecified atom stereocenters. The highest BCUT2D eigenvalue weighted by atomic mass is 16.1. The molecule has 1 aliphatic carbocycles. The number of allylic oxidation sites excluding steroid dienone is 1. The molecule has 0 aromatic heterocycles. The van der Waals surface area contributed by atoms with Crippen LogP contribution in [0.4, 0.5) is 0 Å². The van der Waals surface area contributed by atoms with Crippen LogP contribution in [0, 0.1) is 0 Å². The van der Waals surface area contributed by atoms with Gasteiger partial charge in [0.1, 0.15) is 0 Å². The largest absolute Gasteiger partial charge is 0.355 e. The fourth-order valence-electron chi connectivity index (χ4n) is 2.32. The minimum atomic E-state index is 0.166. The molecule has 2 heteroatoms. The summed E-state index contributed by atoms with van der Waals surface area (Å²) in [7, 11) is 0. The van der Waals surface area contributed by atoms with E-state index in [1.165, 1.54) is 24.0 Å². The van der Waals surface area contributed by atoms with Crippen molar-refractivity contribution in [3.63, 3.8) is 0 Å². The van der Waals surface area contributed by atoms with E-state index >= 15 is 0 Å². The molecule has 0 aliphatic heterocycles.